The van der Waals surface area contributed by atoms with Gasteiger partial charge in [0.15, 0.2) is 11.6 Å². The van der Waals surface area contributed by atoms with Crippen LogP contribution in [0.25, 0.3) is 0 Å². The van der Waals surface area contributed by atoms with Crippen LogP contribution in [0.3, 0.4) is 0 Å². The molecule has 0 unspecified atom stereocenters. The summed E-state index contributed by atoms with van der Waals surface area (Å²) < 4.78 is 6.99. The normalized spacial score (nSPS) is 12.0. The van der Waals surface area contributed by atoms with E-state index >= 15 is 0 Å². The van der Waals surface area contributed by atoms with Gasteiger partial charge in [-0.1, -0.05) is 44.5 Å². The van der Waals surface area contributed by atoms with Gasteiger partial charge in [0.05, 0.1) is 5.69 Å². The summed E-state index contributed by atoms with van der Waals surface area (Å²) in [6.07, 6.45) is 1.82. The van der Waals surface area contributed by atoms with E-state index in [-0.39, 0.29) is 5.41 Å². The Morgan fingerprint density at radius 3 is 2.63 bits per heavy atom. The van der Waals surface area contributed by atoms with E-state index in [9.17, 15) is 0 Å². The molecular weight excluding hydrogens is 244 g/mol. The van der Waals surface area contributed by atoms with Gasteiger partial charge in [0.25, 0.3) is 0 Å². The van der Waals surface area contributed by atoms with Gasteiger partial charge in [-0.3, -0.25) is 0 Å². The molecular formula is C12H20N6O. The zero-order chi connectivity index (χ0) is 14.0. The summed E-state index contributed by atoms with van der Waals surface area (Å²) in [4.78, 5) is 4.38. The number of hydrogen-bond acceptors (Lipinski definition) is 6. The Morgan fingerprint density at radius 1 is 1.32 bits per heavy atom. The number of rotatable bonds is 4. The largest absolute Gasteiger partial charge is 0.381 e. The molecule has 0 amide bonds. The molecule has 7 heteroatoms. The highest BCUT2D eigenvalue weighted by Crippen LogP contribution is 2.20. The number of hydrogen-bond donors (Lipinski definition) is 1. The van der Waals surface area contributed by atoms with Crippen LogP contribution in [0.15, 0.2) is 4.52 Å². The standard InChI is InChI=1S/C12H20N6O/c1-5-6-8-10(13)15-17-18(8)7-9-14-11(19-16-9)12(2,3)4/h5-7,13H2,1-4H3. The smallest absolute Gasteiger partial charge is 0.232 e. The molecule has 0 saturated carbocycles. The molecule has 7 nitrogen and oxygen atoms in total. The van der Waals surface area contributed by atoms with E-state index in [4.69, 9.17) is 10.3 Å². The Balaban J connectivity index is 2.20. The average molecular weight is 264 g/mol. The zero-order valence-corrected chi connectivity index (χ0v) is 11.8. The van der Waals surface area contributed by atoms with E-state index in [0.29, 0.717) is 24.1 Å². The lowest BCUT2D eigenvalue weighted by atomic mass is 9.97. The molecule has 0 aliphatic heterocycles. The first-order valence-electron chi connectivity index (χ1n) is 6.42. The predicted octanol–water partition coefficient (Wildman–Crippen LogP) is 1.54. The maximum Gasteiger partial charge on any atom is 0.232 e. The van der Waals surface area contributed by atoms with Crippen molar-refractivity contribution in [2.24, 2.45) is 0 Å². The maximum absolute atomic E-state index is 5.80. The molecule has 2 N–H and O–H groups in total. The summed E-state index contributed by atoms with van der Waals surface area (Å²) >= 11 is 0. The van der Waals surface area contributed by atoms with Gasteiger partial charge in [-0.2, -0.15) is 4.98 Å². The van der Waals surface area contributed by atoms with Crippen molar-refractivity contribution >= 4 is 5.82 Å². The lowest BCUT2D eigenvalue weighted by Crippen LogP contribution is -2.12. The molecule has 2 rings (SSSR count). The van der Waals surface area contributed by atoms with Gasteiger partial charge in [-0.25, -0.2) is 4.68 Å². The van der Waals surface area contributed by atoms with Crippen molar-refractivity contribution < 1.29 is 4.52 Å². The van der Waals surface area contributed by atoms with Crippen molar-refractivity contribution in [3.8, 4) is 0 Å². The van der Waals surface area contributed by atoms with Gasteiger partial charge in [0.1, 0.15) is 6.54 Å². The number of aromatic nitrogens is 5. The first-order valence-corrected chi connectivity index (χ1v) is 6.42. The minimum absolute atomic E-state index is 0.154. The fraction of sp³-hybridized carbons (Fsp3) is 0.667. The fourth-order valence-electron chi connectivity index (χ4n) is 1.72. The van der Waals surface area contributed by atoms with Crippen LogP contribution in [0.1, 0.15) is 51.5 Å². The monoisotopic (exact) mass is 264 g/mol. The molecule has 0 saturated heterocycles. The van der Waals surface area contributed by atoms with Gasteiger partial charge in [-0.15, -0.1) is 5.10 Å². The summed E-state index contributed by atoms with van der Waals surface area (Å²) in [7, 11) is 0. The average Bonchev–Trinajstić information content (AvgIpc) is 2.90. The van der Waals surface area contributed by atoms with Crippen molar-refractivity contribution in [1.82, 2.24) is 25.1 Å². The first-order chi connectivity index (χ1) is 8.91. The second kappa shape index (κ2) is 4.99. The van der Waals surface area contributed by atoms with E-state index in [1.807, 2.05) is 20.8 Å². The number of anilines is 1. The van der Waals surface area contributed by atoms with Gasteiger partial charge >= 0.3 is 0 Å². The van der Waals surface area contributed by atoms with E-state index in [1.165, 1.54) is 0 Å². The van der Waals surface area contributed by atoms with Crippen molar-refractivity contribution in [3.05, 3.63) is 17.4 Å². The minimum atomic E-state index is -0.154. The molecule has 2 aromatic rings. The van der Waals surface area contributed by atoms with Crippen LogP contribution in [0.5, 0.6) is 0 Å². The molecule has 104 valence electrons. The van der Waals surface area contributed by atoms with Crippen LogP contribution in [-0.2, 0) is 18.4 Å². The lowest BCUT2D eigenvalue weighted by Gasteiger charge is -2.10. The summed E-state index contributed by atoms with van der Waals surface area (Å²) in [5.74, 6) is 1.68. The van der Waals surface area contributed by atoms with E-state index in [0.717, 1.165) is 18.5 Å². The molecule has 2 aromatic heterocycles. The van der Waals surface area contributed by atoms with Gasteiger partial charge in [-0.05, 0) is 6.42 Å². The van der Waals surface area contributed by atoms with Crippen molar-refractivity contribution in [3.63, 3.8) is 0 Å². The highest BCUT2D eigenvalue weighted by Gasteiger charge is 2.22. The van der Waals surface area contributed by atoms with E-state index < -0.39 is 0 Å². The Morgan fingerprint density at radius 2 is 2.05 bits per heavy atom. The first kappa shape index (κ1) is 13.5. The molecule has 0 spiro atoms. The minimum Gasteiger partial charge on any atom is -0.381 e. The van der Waals surface area contributed by atoms with E-state index in [2.05, 4.69) is 27.4 Å². The molecule has 2 heterocycles. The maximum atomic E-state index is 5.80. The van der Waals surface area contributed by atoms with Crippen molar-refractivity contribution in [1.29, 1.82) is 0 Å². The summed E-state index contributed by atoms with van der Waals surface area (Å²) in [6.45, 7) is 8.60. The summed E-state index contributed by atoms with van der Waals surface area (Å²) in [6, 6.07) is 0. The lowest BCUT2D eigenvalue weighted by molar-refractivity contribution is 0.317. The third-order valence-corrected chi connectivity index (χ3v) is 2.76. The van der Waals surface area contributed by atoms with Crippen LogP contribution in [-0.4, -0.2) is 25.1 Å². The highest BCUT2D eigenvalue weighted by molar-refractivity contribution is 5.33. The summed E-state index contributed by atoms with van der Waals surface area (Å²) in [5, 5.41) is 11.9. The van der Waals surface area contributed by atoms with Gasteiger partial charge < -0.3 is 10.3 Å². The van der Waals surface area contributed by atoms with Crippen molar-refractivity contribution in [2.45, 2.75) is 52.5 Å². The van der Waals surface area contributed by atoms with E-state index in [1.54, 1.807) is 4.68 Å². The van der Waals surface area contributed by atoms with Crippen LogP contribution in [0.4, 0.5) is 5.82 Å². The Bertz CT molecular complexity index is 551. The predicted molar refractivity (Wildman–Crippen MR) is 70.5 cm³/mol. The fourth-order valence-corrected chi connectivity index (χ4v) is 1.72. The molecule has 19 heavy (non-hydrogen) atoms. The number of nitrogen functional groups attached to an aromatic ring is 1. The highest BCUT2D eigenvalue weighted by atomic mass is 16.5. The van der Waals surface area contributed by atoms with Gasteiger partial charge in [0, 0.05) is 5.41 Å². The van der Waals surface area contributed by atoms with Crippen LogP contribution < -0.4 is 5.73 Å². The Hall–Kier alpha value is -1.92. The molecule has 0 fully saturated rings. The Labute approximate surface area is 112 Å². The van der Waals surface area contributed by atoms with Crippen molar-refractivity contribution in [2.75, 3.05) is 5.73 Å². The summed E-state index contributed by atoms with van der Waals surface area (Å²) in [5.41, 5.74) is 6.56. The second-order valence-corrected chi connectivity index (χ2v) is 5.59. The van der Waals surface area contributed by atoms with Crippen LogP contribution >= 0.6 is 0 Å². The zero-order valence-electron chi connectivity index (χ0n) is 11.8. The molecule has 0 aliphatic rings. The molecule has 0 bridgehead atoms. The molecule has 0 aromatic carbocycles. The van der Waals surface area contributed by atoms with Gasteiger partial charge in [0.2, 0.25) is 5.89 Å². The quantitative estimate of drug-likeness (QED) is 0.899. The van der Waals surface area contributed by atoms with Crippen LogP contribution in [0.2, 0.25) is 0 Å². The molecule has 0 radical (unpaired) electrons. The number of nitrogens with zero attached hydrogens (tertiary/aromatic N) is 5. The molecule has 0 atom stereocenters. The SMILES string of the molecule is CCCc1c(N)nnn1Cc1noc(C(C)(C)C)n1. The van der Waals surface area contributed by atoms with Crippen LogP contribution in [0, 0.1) is 0 Å². The third kappa shape index (κ3) is 2.91. The second-order valence-electron chi connectivity index (χ2n) is 5.59. The Kier molecular flexibility index (Phi) is 3.55. The number of nitrogens with two attached hydrogens (primary N) is 1. The molecule has 0 aliphatic carbocycles. The topological polar surface area (TPSA) is 95.7 Å². The third-order valence-electron chi connectivity index (χ3n) is 2.76.